The van der Waals surface area contributed by atoms with Crippen molar-refractivity contribution in [3.63, 3.8) is 0 Å². The van der Waals surface area contributed by atoms with E-state index in [0.29, 0.717) is 17.7 Å². The minimum absolute atomic E-state index is 0.00746. The van der Waals surface area contributed by atoms with Crippen molar-refractivity contribution in [2.75, 3.05) is 5.32 Å². The van der Waals surface area contributed by atoms with E-state index in [-0.39, 0.29) is 17.5 Å². The number of pyridine rings is 1. The minimum atomic E-state index is -1.09. The largest absolute Gasteiger partial charge is 0.477 e. The Labute approximate surface area is 111 Å². The maximum Gasteiger partial charge on any atom is 0.354 e. The second kappa shape index (κ2) is 4.64. The third kappa shape index (κ3) is 2.32. The third-order valence-corrected chi connectivity index (χ3v) is 4.18. The van der Waals surface area contributed by atoms with Gasteiger partial charge in [-0.1, -0.05) is 18.9 Å². The van der Waals surface area contributed by atoms with E-state index in [0.717, 1.165) is 12.8 Å². The molecule has 19 heavy (non-hydrogen) atoms. The maximum atomic E-state index is 12.1. The van der Waals surface area contributed by atoms with Gasteiger partial charge >= 0.3 is 5.97 Å². The number of carboxylic acid groups (broad SMARTS) is 1. The van der Waals surface area contributed by atoms with Crippen molar-refractivity contribution in [3.05, 3.63) is 23.9 Å². The SMILES string of the molecule is O=C(O)c1cccc(NC(=O)C2C3CCCCC32)n1. The van der Waals surface area contributed by atoms with Crippen LogP contribution in [0.3, 0.4) is 0 Å². The summed E-state index contributed by atoms with van der Waals surface area (Å²) in [5.41, 5.74) is -0.0500. The molecule has 3 rings (SSSR count). The van der Waals surface area contributed by atoms with E-state index in [2.05, 4.69) is 10.3 Å². The van der Waals surface area contributed by atoms with Gasteiger partial charge in [0.2, 0.25) is 5.91 Å². The number of hydrogen-bond donors (Lipinski definition) is 2. The lowest BCUT2D eigenvalue weighted by Crippen LogP contribution is -2.17. The summed E-state index contributed by atoms with van der Waals surface area (Å²) in [5.74, 6) is 0.419. The molecule has 2 fully saturated rings. The van der Waals surface area contributed by atoms with Gasteiger partial charge in [0, 0.05) is 5.92 Å². The Kier molecular flexibility index (Phi) is 2.97. The molecule has 0 aliphatic heterocycles. The molecule has 0 radical (unpaired) electrons. The number of hydrogen-bond acceptors (Lipinski definition) is 3. The summed E-state index contributed by atoms with van der Waals surface area (Å²) in [7, 11) is 0. The van der Waals surface area contributed by atoms with Crippen molar-refractivity contribution in [1.29, 1.82) is 0 Å². The Morgan fingerprint density at radius 1 is 1.21 bits per heavy atom. The molecule has 5 heteroatoms. The van der Waals surface area contributed by atoms with Gasteiger partial charge in [0.05, 0.1) is 0 Å². The molecule has 1 amide bonds. The van der Waals surface area contributed by atoms with Crippen molar-refractivity contribution in [2.24, 2.45) is 17.8 Å². The van der Waals surface area contributed by atoms with Crippen LogP contribution in [0.25, 0.3) is 0 Å². The van der Waals surface area contributed by atoms with Crippen LogP contribution in [0.5, 0.6) is 0 Å². The van der Waals surface area contributed by atoms with Gasteiger partial charge in [-0.05, 0) is 36.8 Å². The van der Waals surface area contributed by atoms with Gasteiger partial charge in [0.15, 0.2) is 5.69 Å². The van der Waals surface area contributed by atoms with Crippen LogP contribution in [-0.2, 0) is 4.79 Å². The second-order valence-electron chi connectivity index (χ2n) is 5.34. The monoisotopic (exact) mass is 260 g/mol. The first-order chi connectivity index (χ1) is 9.16. The van der Waals surface area contributed by atoms with Gasteiger partial charge in [-0.3, -0.25) is 4.79 Å². The van der Waals surface area contributed by atoms with Gasteiger partial charge in [-0.2, -0.15) is 0 Å². The molecule has 2 aliphatic rings. The Balaban J connectivity index is 1.67. The number of amides is 1. The second-order valence-corrected chi connectivity index (χ2v) is 5.34. The van der Waals surface area contributed by atoms with E-state index >= 15 is 0 Å². The van der Waals surface area contributed by atoms with E-state index in [1.807, 2.05) is 0 Å². The molecule has 1 aromatic heterocycles. The molecule has 2 aliphatic carbocycles. The highest BCUT2D eigenvalue weighted by Gasteiger charge is 2.54. The van der Waals surface area contributed by atoms with Crippen molar-refractivity contribution in [1.82, 2.24) is 4.98 Å². The Morgan fingerprint density at radius 3 is 2.53 bits per heavy atom. The quantitative estimate of drug-likeness (QED) is 0.872. The Morgan fingerprint density at radius 2 is 1.89 bits per heavy atom. The summed E-state index contributed by atoms with van der Waals surface area (Å²) in [6, 6.07) is 4.62. The van der Waals surface area contributed by atoms with Crippen LogP contribution in [0.4, 0.5) is 5.82 Å². The van der Waals surface area contributed by atoms with Gasteiger partial charge in [0.1, 0.15) is 5.82 Å². The molecular formula is C14H16N2O3. The lowest BCUT2D eigenvalue weighted by molar-refractivity contribution is -0.117. The highest BCUT2D eigenvalue weighted by Crippen LogP contribution is 2.55. The molecule has 0 saturated heterocycles. The van der Waals surface area contributed by atoms with Crippen molar-refractivity contribution in [2.45, 2.75) is 25.7 Å². The number of carboxylic acids is 1. The van der Waals surface area contributed by atoms with Gasteiger partial charge in [-0.25, -0.2) is 9.78 Å². The molecule has 1 aromatic rings. The highest BCUT2D eigenvalue weighted by molar-refractivity contribution is 5.94. The van der Waals surface area contributed by atoms with Crippen molar-refractivity contribution >= 4 is 17.7 Å². The van der Waals surface area contributed by atoms with Crippen LogP contribution < -0.4 is 5.32 Å². The zero-order valence-corrected chi connectivity index (χ0v) is 10.5. The van der Waals surface area contributed by atoms with Crippen LogP contribution in [0.1, 0.15) is 36.2 Å². The smallest absolute Gasteiger partial charge is 0.354 e. The fourth-order valence-electron chi connectivity index (χ4n) is 3.21. The van der Waals surface area contributed by atoms with Gasteiger partial charge in [0.25, 0.3) is 0 Å². The van der Waals surface area contributed by atoms with Crippen LogP contribution >= 0.6 is 0 Å². The van der Waals surface area contributed by atoms with Crippen molar-refractivity contribution in [3.8, 4) is 0 Å². The van der Waals surface area contributed by atoms with E-state index in [4.69, 9.17) is 5.11 Å². The summed E-state index contributed by atoms with van der Waals surface area (Å²) in [6.07, 6.45) is 4.73. The molecule has 0 bridgehead atoms. The predicted molar refractivity (Wildman–Crippen MR) is 68.8 cm³/mol. The molecule has 0 spiro atoms. The van der Waals surface area contributed by atoms with Crippen molar-refractivity contribution < 1.29 is 14.7 Å². The first kappa shape index (κ1) is 12.1. The van der Waals surface area contributed by atoms with E-state index in [9.17, 15) is 9.59 Å². The first-order valence-electron chi connectivity index (χ1n) is 6.68. The predicted octanol–water partition coefficient (Wildman–Crippen LogP) is 2.15. The number of rotatable bonds is 3. The normalized spacial score (nSPS) is 28.3. The lowest BCUT2D eigenvalue weighted by atomic mass is 10.0. The number of fused-ring (bicyclic) bond motifs is 1. The number of carbonyl (C=O) groups is 2. The number of aromatic carboxylic acids is 1. The fraction of sp³-hybridized carbons (Fsp3) is 0.500. The number of nitrogens with zero attached hydrogens (tertiary/aromatic N) is 1. The molecular weight excluding hydrogens is 244 g/mol. The summed E-state index contributed by atoms with van der Waals surface area (Å²) in [4.78, 5) is 26.8. The molecule has 2 saturated carbocycles. The zero-order valence-electron chi connectivity index (χ0n) is 10.5. The molecule has 1 heterocycles. The van der Waals surface area contributed by atoms with E-state index < -0.39 is 5.97 Å². The molecule has 2 unspecified atom stereocenters. The first-order valence-corrected chi connectivity index (χ1v) is 6.68. The average molecular weight is 260 g/mol. The van der Waals surface area contributed by atoms with Gasteiger partial charge < -0.3 is 10.4 Å². The van der Waals surface area contributed by atoms with Crippen LogP contribution in [0.15, 0.2) is 18.2 Å². The Hall–Kier alpha value is -1.91. The average Bonchev–Trinajstić information content (AvgIpc) is 3.13. The number of carbonyl (C=O) groups excluding carboxylic acids is 1. The van der Waals surface area contributed by atoms with Gasteiger partial charge in [-0.15, -0.1) is 0 Å². The summed E-state index contributed by atoms with van der Waals surface area (Å²) >= 11 is 0. The lowest BCUT2D eigenvalue weighted by Gasteiger charge is -2.04. The molecule has 0 aromatic carbocycles. The molecule has 2 atom stereocenters. The number of anilines is 1. The summed E-state index contributed by atoms with van der Waals surface area (Å²) in [6.45, 7) is 0. The standard InChI is InChI=1S/C14H16N2O3/c17-13(12-8-4-1-2-5-9(8)12)16-11-7-3-6-10(15-11)14(18)19/h3,6-9,12H,1-2,4-5H2,(H,18,19)(H,15,16,17). The number of aromatic nitrogens is 1. The van der Waals surface area contributed by atoms with E-state index in [1.54, 1.807) is 12.1 Å². The number of nitrogens with one attached hydrogen (secondary N) is 1. The fourth-order valence-corrected chi connectivity index (χ4v) is 3.21. The highest BCUT2D eigenvalue weighted by atomic mass is 16.4. The van der Waals surface area contributed by atoms with Crippen LogP contribution in [-0.4, -0.2) is 22.0 Å². The summed E-state index contributed by atoms with van der Waals surface area (Å²) in [5, 5.41) is 11.6. The zero-order chi connectivity index (χ0) is 13.4. The Bertz CT molecular complexity index is 517. The minimum Gasteiger partial charge on any atom is -0.477 e. The summed E-state index contributed by atoms with van der Waals surface area (Å²) < 4.78 is 0. The van der Waals surface area contributed by atoms with Crippen LogP contribution in [0.2, 0.25) is 0 Å². The molecule has 2 N–H and O–H groups in total. The molecule has 5 nitrogen and oxygen atoms in total. The van der Waals surface area contributed by atoms with E-state index in [1.165, 1.54) is 18.9 Å². The topological polar surface area (TPSA) is 79.3 Å². The maximum absolute atomic E-state index is 12.1. The third-order valence-electron chi connectivity index (χ3n) is 4.18. The van der Waals surface area contributed by atoms with Crippen LogP contribution in [0, 0.1) is 17.8 Å². The molecule has 100 valence electrons.